The monoisotopic (exact) mass is 271 g/mol. The molecule has 1 rings (SSSR count). The number of rotatable bonds is 7. The minimum atomic E-state index is -1.10. The molecular weight excluding hydrogens is 253 g/mol. The SMILES string of the molecule is CCCCCCN=C([O-])c1ccccc1C(=O)O.[Na+]. The number of hydrogen-bond donors (Lipinski definition) is 1. The second-order valence-corrected chi connectivity index (χ2v) is 4.10. The van der Waals surface area contributed by atoms with Crippen molar-refractivity contribution in [3.8, 4) is 0 Å². The summed E-state index contributed by atoms with van der Waals surface area (Å²) in [6.45, 7) is 2.58. The summed E-state index contributed by atoms with van der Waals surface area (Å²) in [6, 6.07) is 6.16. The quantitative estimate of drug-likeness (QED) is 0.301. The molecule has 5 heteroatoms. The maximum absolute atomic E-state index is 11.8. The van der Waals surface area contributed by atoms with Crippen LogP contribution in [0.5, 0.6) is 0 Å². The van der Waals surface area contributed by atoms with Crippen molar-refractivity contribution in [1.29, 1.82) is 0 Å². The molecule has 0 heterocycles. The molecular formula is C14H18NNaO3. The molecule has 0 saturated carbocycles. The Balaban J connectivity index is 0.00000324. The molecule has 0 radical (unpaired) electrons. The first-order valence-electron chi connectivity index (χ1n) is 6.21. The molecule has 0 aromatic heterocycles. The van der Waals surface area contributed by atoms with E-state index in [1.54, 1.807) is 12.1 Å². The van der Waals surface area contributed by atoms with Gasteiger partial charge in [0.25, 0.3) is 0 Å². The fourth-order valence-electron chi connectivity index (χ4n) is 1.66. The Kier molecular flexibility index (Phi) is 9.57. The number of carboxylic acids is 1. The van der Waals surface area contributed by atoms with Crippen molar-refractivity contribution in [2.75, 3.05) is 6.54 Å². The fraction of sp³-hybridized carbons (Fsp3) is 0.429. The zero-order valence-electron chi connectivity index (χ0n) is 11.6. The van der Waals surface area contributed by atoms with Crippen molar-refractivity contribution >= 4 is 11.9 Å². The van der Waals surface area contributed by atoms with Gasteiger partial charge in [0.15, 0.2) is 0 Å². The third-order valence-corrected chi connectivity index (χ3v) is 2.65. The van der Waals surface area contributed by atoms with Crippen LogP contribution in [0.3, 0.4) is 0 Å². The van der Waals surface area contributed by atoms with Crippen molar-refractivity contribution in [3.05, 3.63) is 35.4 Å². The number of carboxylic acid groups (broad SMARTS) is 1. The average Bonchev–Trinajstić information content (AvgIpc) is 2.38. The minimum Gasteiger partial charge on any atom is -0.858 e. The third kappa shape index (κ3) is 6.23. The van der Waals surface area contributed by atoms with Gasteiger partial charge in [-0.25, -0.2) is 4.79 Å². The van der Waals surface area contributed by atoms with Crippen LogP contribution in [-0.2, 0) is 0 Å². The Hall–Kier alpha value is -0.840. The number of carbonyl (C=O) groups is 1. The summed E-state index contributed by atoms with van der Waals surface area (Å²) in [5.74, 6) is -1.54. The Bertz CT molecular complexity index is 432. The number of aliphatic imine (C=N–C) groups is 1. The van der Waals surface area contributed by atoms with Crippen molar-refractivity contribution in [2.45, 2.75) is 32.6 Å². The van der Waals surface area contributed by atoms with Crippen LogP contribution < -0.4 is 34.7 Å². The van der Waals surface area contributed by atoms with Gasteiger partial charge in [-0.2, -0.15) is 0 Å². The van der Waals surface area contributed by atoms with E-state index in [1.807, 2.05) is 0 Å². The summed E-state index contributed by atoms with van der Waals surface area (Å²) < 4.78 is 0. The molecule has 0 bridgehead atoms. The summed E-state index contributed by atoms with van der Waals surface area (Å²) in [5.41, 5.74) is 0.181. The van der Waals surface area contributed by atoms with E-state index in [4.69, 9.17) is 5.11 Å². The van der Waals surface area contributed by atoms with Crippen LogP contribution in [-0.4, -0.2) is 23.5 Å². The number of aromatic carboxylic acids is 1. The van der Waals surface area contributed by atoms with E-state index < -0.39 is 11.9 Å². The molecule has 0 fully saturated rings. The van der Waals surface area contributed by atoms with Crippen molar-refractivity contribution < 1.29 is 44.6 Å². The predicted octanol–water partition coefficient (Wildman–Crippen LogP) is -0.924. The molecule has 4 nitrogen and oxygen atoms in total. The molecule has 1 aromatic rings. The second kappa shape index (κ2) is 10.0. The number of nitrogens with zero attached hydrogens (tertiary/aromatic N) is 1. The molecule has 0 aliphatic heterocycles. The maximum Gasteiger partial charge on any atom is 1.00 e. The first kappa shape index (κ1) is 18.2. The largest absolute Gasteiger partial charge is 1.00 e. The third-order valence-electron chi connectivity index (χ3n) is 2.65. The molecule has 0 spiro atoms. The number of unbranched alkanes of at least 4 members (excludes halogenated alkanes) is 3. The van der Waals surface area contributed by atoms with Crippen LogP contribution in [0, 0.1) is 0 Å². The van der Waals surface area contributed by atoms with Gasteiger partial charge >= 0.3 is 35.5 Å². The molecule has 0 aliphatic carbocycles. The normalized spacial score (nSPS) is 10.9. The van der Waals surface area contributed by atoms with Gasteiger partial charge in [-0.15, -0.1) is 0 Å². The molecule has 0 unspecified atom stereocenters. The predicted molar refractivity (Wildman–Crippen MR) is 68.9 cm³/mol. The first-order chi connectivity index (χ1) is 8.66. The summed E-state index contributed by atoms with van der Waals surface area (Å²) in [6.07, 6.45) is 4.19. The summed E-state index contributed by atoms with van der Waals surface area (Å²) in [4.78, 5) is 14.9. The Morgan fingerprint density at radius 1 is 1.21 bits per heavy atom. The number of hydrogen-bond acceptors (Lipinski definition) is 3. The van der Waals surface area contributed by atoms with E-state index in [-0.39, 0.29) is 40.7 Å². The molecule has 0 aliphatic rings. The van der Waals surface area contributed by atoms with Gasteiger partial charge in [0.1, 0.15) is 0 Å². The van der Waals surface area contributed by atoms with Crippen LogP contribution in [0.15, 0.2) is 29.3 Å². The molecule has 0 saturated heterocycles. The molecule has 0 amide bonds. The molecule has 19 heavy (non-hydrogen) atoms. The van der Waals surface area contributed by atoms with Gasteiger partial charge < -0.3 is 15.2 Å². The van der Waals surface area contributed by atoms with Crippen LogP contribution in [0.2, 0.25) is 0 Å². The van der Waals surface area contributed by atoms with Gasteiger partial charge in [0.05, 0.1) is 5.56 Å². The van der Waals surface area contributed by atoms with E-state index in [9.17, 15) is 9.90 Å². The van der Waals surface area contributed by atoms with Crippen LogP contribution in [0.25, 0.3) is 0 Å². The van der Waals surface area contributed by atoms with Crippen molar-refractivity contribution in [3.63, 3.8) is 0 Å². The zero-order valence-corrected chi connectivity index (χ0v) is 13.6. The summed E-state index contributed by atoms with van der Waals surface area (Å²) in [5, 5.41) is 20.7. The second-order valence-electron chi connectivity index (χ2n) is 4.10. The van der Waals surface area contributed by atoms with E-state index >= 15 is 0 Å². The summed E-state index contributed by atoms with van der Waals surface area (Å²) >= 11 is 0. The standard InChI is InChI=1S/C14H19NO3.Na/c1-2-3-4-7-10-15-13(16)11-8-5-6-9-12(11)14(17)18;/h5-6,8-9H,2-4,7,10H2,1H3,(H,15,16)(H,17,18);/q;+1/p-1. The van der Waals surface area contributed by atoms with Gasteiger partial charge in [0, 0.05) is 6.54 Å². The maximum atomic E-state index is 11.8. The number of benzene rings is 1. The van der Waals surface area contributed by atoms with Crippen LogP contribution in [0.1, 0.15) is 48.5 Å². The van der Waals surface area contributed by atoms with Crippen LogP contribution >= 0.6 is 0 Å². The smallest absolute Gasteiger partial charge is 0.858 e. The Labute approximate surface area is 135 Å². The first-order valence-corrected chi connectivity index (χ1v) is 6.21. The van der Waals surface area contributed by atoms with E-state index in [0.29, 0.717) is 6.54 Å². The van der Waals surface area contributed by atoms with E-state index in [2.05, 4.69) is 11.9 Å². The van der Waals surface area contributed by atoms with Crippen molar-refractivity contribution in [1.82, 2.24) is 0 Å². The van der Waals surface area contributed by atoms with Gasteiger partial charge in [-0.3, -0.25) is 0 Å². The minimum absolute atomic E-state index is 0. The fourth-order valence-corrected chi connectivity index (χ4v) is 1.66. The van der Waals surface area contributed by atoms with Gasteiger partial charge in [-0.1, -0.05) is 44.4 Å². The van der Waals surface area contributed by atoms with Gasteiger partial charge in [-0.05, 0) is 23.9 Å². The van der Waals surface area contributed by atoms with Crippen molar-refractivity contribution in [2.24, 2.45) is 4.99 Å². The Morgan fingerprint density at radius 2 is 1.84 bits per heavy atom. The molecule has 98 valence electrons. The molecule has 1 N–H and O–H groups in total. The summed E-state index contributed by atoms with van der Waals surface area (Å²) in [7, 11) is 0. The Morgan fingerprint density at radius 3 is 2.42 bits per heavy atom. The van der Waals surface area contributed by atoms with Gasteiger partial charge in [0.2, 0.25) is 0 Å². The van der Waals surface area contributed by atoms with Crippen LogP contribution in [0.4, 0.5) is 0 Å². The molecule has 0 atom stereocenters. The topological polar surface area (TPSA) is 72.7 Å². The molecule has 1 aromatic carbocycles. The average molecular weight is 271 g/mol. The van der Waals surface area contributed by atoms with E-state index in [0.717, 1.165) is 25.7 Å². The zero-order chi connectivity index (χ0) is 13.4. The van der Waals surface area contributed by atoms with E-state index in [1.165, 1.54) is 12.1 Å².